The summed E-state index contributed by atoms with van der Waals surface area (Å²) in [6.45, 7) is 1.63. The van der Waals surface area contributed by atoms with Gasteiger partial charge in [0, 0.05) is 18.2 Å². The van der Waals surface area contributed by atoms with Gasteiger partial charge < -0.3 is 18.9 Å². The molecule has 2 heterocycles. The number of hydrogen-bond donors (Lipinski definition) is 1. The predicted octanol–water partition coefficient (Wildman–Crippen LogP) is 1.26. The number of aromatic amines is 1. The van der Waals surface area contributed by atoms with Gasteiger partial charge in [-0.1, -0.05) is 18.2 Å². The van der Waals surface area contributed by atoms with Crippen LogP contribution in [0.2, 0.25) is 0 Å². The van der Waals surface area contributed by atoms with Crippen LogP contribution >= 0.6 is 0 Å². The Kier molecular flexibility index (Phi) is 7.72. The number of aryl methyl sites for hydroxylation is 1. The topological polar surface area (TPSA) is 133 Å². The Hall–Kier alpha value is -3.26. The third-order valence-electron chi connectivity index (χ3n) is 4.75. The van der Waals surface area contributed by atoms with Gasteiger partial charge in [-0.2, -0.15) is 5.26 Å². The first-order valence-corrected chi connectivity index (χ1v) is 9.75. The van der Waals surface area contributed by atoms with Gasteiger partial charge in [-0.3, -0.25) is 14.3 Å². The zero-order valence-corrected chi connectivity index (χ0v) is 17.0. The van der Waals surface area contributed by atoms with E-state index in [1.165, 1.54) is 10.8 Å². The molecule has 0 spiro atoms. The maximum Gasteiger partial charge on any atom is 0.338 e. The molecule has 31 heavy (non-hydrogen) atoms. The van der Waals surface area contributed by atoms with Gasteiger partial charge in [0.1, 0.15) is 25.7 Å². The van der Waals surface area contributed by atoms with E-state index in [2.05, 4.69) is 4.98 Å². The Morgan fingerprint density at radius 3 is 2.84 bits per heavy atom. The standard InChI is InChI=1S/C21H23N3O7/c1-14-11-24(21(27)23-19(14)25)18-10-16(30-13-28-9-5-8-22)17(31-18)12-29-20(26)15-6-3-2-4-7-15/h2-4,6-7,11,16-18H,5,9-10,12-13H2,1H3,(H,23,25,27)/t16-,17+,18+/m0/s1. The lowest BCUT2D eigenvalue weighted by molar-refractivity contribution is -0.118. The average Bonchev–Trinajstić information content (AvgIpc) is 3.17. The number of benzene rings is 1. The first-order chi connectivity index (χ1) is 15.0. The number of aromatic nitrogens is 2. The van der Waals surface area contributed by atoms with E-state index in [1.807, 2.05) is 6.07 Å². The van der Waals surface area contributed by atoms with Gasteiger partial charge in [0.05, 0.1) is 30.8 Å². The number of hydrogen-bond acceptors (Lipinski definition) is 8. The highest BCUT2D eigenvalue weighted by Gasteiger charge is 2.38. The minimum atomic E-state index is -0.715. The lowest BCUT2D eigenvalue weighted by atomic mass is 10.2. The van der Waals surface area contributed by atoms with Crippen LogP contribution in [0.1, 0.15) is 35.0 Å². The van der Waals surface area contributed by atoms with Crippen molar-refractivity contribution in [2.45, 2.75) is 38.2 Å². The first kappa shape index (κ1) is 22.4. The van der Waals surface area contributed by atoms with Crippen LogP contribution < -0.4 is 11.2 Å². The van der Waals surface area contributed by atoms with Crippen molar-refractivity contribution < 1.29 is 23.7 Å². The van der Waals surface area contributed by atoms with Gasteiger partial charge in [0.15, 0.2) is 0 Å². The molecule has 10 heteroatoms. The summed E-state index contributed by atoms with van der Waals surface area (Å²) in [6.07, 6.45) is 0.0291. The molecule has 1 aromatic heterocycles. The van der Waals surface area contributed by atoms with Crippen molar-refractivity contribution in [1.29, 1.82) is 5.26 Å². The van der Waals surface area contributed by atoms with E-state index < -0.39 is 35.7 Å². The molecule has 1 N–H and O–H groups in total. The van der Waals surface area contributed by atoms with Crippen molar-refractivity contribution in [2.24, 2.45) is 0 Å². The van der Waals surface area contributed by atoms with Crippen LogP contribution in [0.25, 0.3) is 0 Å². The molecule has 164 valence electrons. The summed E-state index contributed by atoms with van der Waals surface area (Å²) in [7, 11) is 0. The highest BCUT2D eigenvalue weighted by Crippen LogP contribution is 2.30. The van der Waals surface area contributed by atoms with Crippen LogP contribution in [-0.2, 0) is 18.9 Å². The summed E-state index contributed by atoms with van der Waals surface area (Å²) in [5.41, 5.74) is -0.306. The van der Waals surface area contributed by atoms with Crippen LogP contribution in [0.3, 0.4) is 0 Å². The lowest BCUT2D eigenvalue weighted by Crippen LogP contribution is -2.33. The van der Waals surface area contributed by atoms with Gasteiger partial charge >= 0.3 is 11.7 Å². The van der Waals surface area contributed by atoms with E-state index in [-0.39, 0.29) is 32.8 Å². The predicted molar refractivity (Wildman–Crippen MR) is 107 cm³/mol. The van der Waals surface area contributed by atoms with Crippen molar-refractivity contribution in [1.82, 2.24) is 9.55 Å². The molecule has 2 aromatic rings. The zero-order chi connectivity index (χ0) is 22.2. The van der Waals surface area contributed by atoms with Crippen molar-refractivity contribution >= 4 is 5.97 Å². The van der Waals surface area contributed by atoms with Gasteiger partial charge in [0.2, 0.25) is 0 Å². The van der Waals surface area contributed by atoms with Crippen LogP contribution in [0.5, 0.6) is 0 Å². The number of nitriles is 1. The Morgan fingerprint density at radius 2 is 2.10 bits per heavy atom. The number of rotatable bonds is 9. The molecule has 3 atom stereocenters. The molecule has 0 bridgehead atoms. The number of nitrogens with zero attached hydrogens (tertiary/aromatic N) is 2. The van der Waals surface area contributed by atoms with Crippen LogP contribution in [0.4, 0.5) is 0 Å². The summed E-state index contributed by atoms with van der Waals surface area (Å²) in [6, 6.07) is 10.5. The van der Waals surface area contributed by atoms with Crippen LogP contribution in [0.15, 0.2) is 46.1 Å². The smallest absolute Gasteiger partial charge is 0.338 e. The minimum Gasteiger partial charge on any atom is -0.459 e. The van der Waals surface area contributed by atoms with Gasteiger partial charge in [-0.15, -0.1) is 0 Å². The normalized spacial score (nSPS) is 20.3. The second-order valence-electron chi connectivity index (χ2n) is 6.95. The van der Waals surface area contributed by atoms with Gasteiger partial charge in [0.25, 0.3) is 5.56 Å². The molecule has 1 fully saturated rings. The van der Waals surface area contributed by atoms with Crippen LogP contribution in [0, 0.1) is 18.3 Å². The molecule has 1 aliphatic heterocycles. The van der Waals surface area contributed by atoms with Crippen molar-refractivity contribution in [3.05, 3.63) is 68.5 Å². The molecule has 0 aliphatic carbocycles. The first-order valence-electron chi connectivity index (χ1n) is 9.75. The summed E-state index contributed by atoms with van der Waals surface area (Å²) in [4.78, 5) is 38.4. The van der Waals surface area contributed by atoms with E-state index in [0.29, 0.717) is 11.1 Å². The average molecular weight is 429 g/mol. The van der Waals surface area contributed by atoms with Crippen LogP contribution in [-0.4, -0.2) is 47.7 Å². The number of ether oxygens (including phenoxy) is 4. The Morgan fingerprint density at radius 1 is 1.32 bits per heavy atom. The molecule has 0 amide bonds. The van der Waals surface area contributed by atoms with Crippen molar-refractivity contribution in [3.8, 4) is 6.07 Å². The van der Waals surface area contributed by atoms with E-state index in [0.717, 1.165) is 0 Å². The Labute approximate surface area is 177 Å². The maximum atomic E-state index is 12.3. The molecule has 3 rings (SSSR count). The van der Waals surface area contributed by atoms with E-state index in [4.69, 9.17) is 24.2 Å². The third-order valence-corrected chi connectivity index (χ3v) is 4.75. The number of esters is 1. The molecule has 0 saturated carbocycles. The fraction of sp³-hybridized carbons (Fsp3) is 0.429. The van der Waals surface area contributed by atoms with Crippen molar-refractivity contribution in [3.63, 3.8) is 0 Å². The lowest BCUT2D eigenvalue weighted by Gasteiger charge is -2.19. The van der Waals surface area contributed by atoms with E-state index >= 15 is 0 Å². The molecular formula is C21H23N3O7. The fourth-order valence-corrected chi connectivity index (χ4v) is 3.12. The summed E-state index contributed by atoms with van der Waals surface area (Å²) in [5, 5.41) is 8.57. The molecule has 1 aliphatic rings. The minimum absolute atomic E-state index is 0.0783. The quantitative estimate of drug-likeness (QED) is 0.358. The second-order valence-corrected chi connectivity index (χ2v) is 6.95. The molecular weight excluding hydrogens is 406 g/mol. The third kappa shape index (κ3) is 5.88. The monoisotopic (exact) mass is 429 g/mol. The molecule has 10 nitrogen and oxygen atoms in total. The second kappa shape index (κ2) is 10.7. The molecule has 0 radical (unpaired) electrons. The Bertz CT molecular complexity index is 1040. The molecule has 1 saturated heterocycles. The molecule has 0 unspecified atom stereocenters. The number of nitrogens with one attached hydrogen (secondary N) is 1. The Balaban J connectivity index is 1.68. The van der Waals surface area contributed by atoms with Gasteiger partial charge in [-0.05, 0) is 19.1 Å². The van der Waals surface area contributed by atoms with E-state index in [9.17, 15) is 14.4 Å². The number of H-pyrrole nitrogens is 1. The summed E-state index contributed by atoms with van der Waals surface area (Å²) < 4.78 is 23.5. The van der Waals surface area contributed by atoms with Crippen molar-refractivity contribution in [2.75, 3.05) is 20.0 Å². The van der Waals surface area contributed by atoms with Gasteiger partial charge in [-0.25, -0.2) is 9.59 Å². The summed E-state index contributed by atoms with van der Waals surface area (Å²) >= 11 is 0. The highest BCUT2D eigenvalue weighted by atomic mass is 16.7. The van der Waals surface area contributed by atoms with E-state index in [1.54, 1.807) is 37.3 Å². The fourth-order valence-electron chi connectivity index (χ4n) is 3.12. The maximum absolute atomic E-state index is 12.3. The SMILES string of the molecule is Cc1cn([C@H]2C[C@H](OCOCCC#N)[C@@H](COC(=O)c3ccccc3)O2)c(=O)[nH]c1=O. The largest absolute Gasteiger partial charge is 0.459 e. The molecule has 1 aromatic carbocycles. The number of carbonyl (C=O) groups is 1. The number of carbonyl (C=O) groups excluding carboxylic acids is 1. The zero-order valence-electron chi connectivity index (χ0n) is 17.0. The summed E-state index contributed by atoms with van der Waals surface area (Å²) in [5.74, 6) is -0.506. The highest BCUT2D eigenvalue weighted by molar-refractivity contribution is 5.89.